The molecule has 2 aliphatic heterocycles. The highest BCUT2D eigenvalue weighted by atomic mass is 19.4. The molecule has 31 heavy (non-hydrogen) atoms. The van der Waals surface area contributed by atoms with Crippen LogP contribution in [0.15, 0.2) is 42.6 Å². The number of piperidine rings is 1. The van der Waals surface area contributed by atoms with Crippen LogP contribution in [0, 0.1) is 0 Å². The second kappa shape index (κ2) is 7.55. The molecule has 3 heterocycles. The lowest BCUT2D eigenvalue weighted by molar-refractivity contribution is -0.144. The van der Waals surface area contributed by atoms with Crippen LogP contribution in [-0.4, -0.2) is 44.7 Å². The van der Waals surface area contributed by atoms with Crippen molar-refractivity contribution in [1.29, 1.82) is 0 Å². The van der Waals surface area contributed by atoms with E-state index in [1.165, 1.54) is 18.3 Å². The summed E-state index contributed by atoms with van der Waals surface area (Å²) in [5.41, 5.74) is 5.50. The number of pyridine rings is 1. The smallest absolute Gasteiger partial charge is 0.383 e. The second-order valence-corrected chi connectivity index (χ2v) is 8.27. The third-order valence-electron chi connectivity index (χ3n) is 6.45. The topological polar surface area (TPSA) is 79.5 Å². The fourth-order valence-corrected chi connectivity index (χ4v) is 4.71. The summed E-state index contributed by atoms with van der Waals surface area (Å²) in [6.07, 6.45) is -1.50. The van der Waals surface area contributed by atoms with E-state index in [-0.39, 0.29) is 36.6 Å². The number of amides is 2. The van der Waals surface area contributed by atoms with E-state index in [0.29, 0.717) is 30.5 Å². The zero-order chi connectivity index (χ0) is 22.4. The first kappa shape index (κ1) is 21.1. The maximum Gasteiger partial charge on any atom is 0.416 e. The van der Waals surface area contributed by atoms with Crippen molar-refractivity contribution in [2.75, 3.05) is 12.3 Å². The van der Waals surface area contributed by atoms with Crippen molar-refractivity contribution in [3.8, 4) is 0 Å². The molecular weight excluding hydrogens is 409 g/mol. The number of benzene rings is 1. The standard InChI is InChI=1S/C22H23F3N4O2/c1-21-10-12-28(20(31)16-3-2-11-27-19(16)26)17(21)8-9-18(30)29(21)13-14-4-6-15(7-5-14)22(23,24)25/h2-7,11,17H,8-10,12-13H2,1H3,(H2,26,27)/t17-,21-/m0/s1. The lowest BCUT2D eigenvalue weighted by Crippen LogP contribution is -2.60. The molecule has 2 aromatic rings. The number of carbonyl (C=O) groups is 2. The van der Waals surface area contributed by atoms with Gasteiger partial charge in [-0.3, -0.25) is 9.59 Å². The molecule has 0 bridgehead atoms. The maximum atomic E-state index is 13.1. The number of likely N-dealkylation sites (tertiary alicyclic amines) is 2. The fourth-order valence-electron chi connectivity index (χ4n) is 4.71. The van der Waals surface area contributed by atoms with Crippen LogP contribution in [0.2, 0.25) is 0 Å². The molecule has 1 aromatic heterocycles. The average Bonchev–Trinajstić information content (AvgIpc) is 3.07. The Morgan fingerprint density at radius 1 is 1.26 bits per heavy atom. The van der Waals surface area contributed by atoms with Gasteiger partial charge in [0, 0.05) is 25.7 Å². The van der Waals surface area contributed by atoms with Gasteiger partial charge in [-0.05, 0) is 49.6 Å². The number of carbonyl (C=O) groups excluding carboxylic acids is 2. The van der Waals surface area contributed by atoms with Crippen LogP contribution in [-0.2, 0) is 17.5 Å². The third kappa shape index (κ3) is 3.73. The lowest BCUT2D eigenvalue weighted by atomic mass is 9.82. The number of rotatable bonds is 3. The van der Waals surface area contributed by atoms with Gasteiger partial charge < -0.3 is 15.5 Å². The molecule has 2 N–H and O–H groups in total. The summed E-state index contributed by atoms with van der Waals surface area (Å²) >= 11 is 0. The molecule has 2 atom stereocenters. The van der Waals surface area contributed by atoms with Crippen molar-refractivity contribution in [1.82, 2.24) is 14.8 Å². The van der Waals surface area contributed by atoms with Crippen molar-refractivity contribution in [3.63, 3.8) is 0 Å². The van der Waals surface area contributed by atoms with Gasteiger partial charge in [0.25, 0.3) is 5.91 Å². The normalized spacial score (nSPS) is 23.7. The van der Waals surface area contributed by atoms with Crippen LogP contribution in [0.1, 0.15) is 47.7 Å². The zero-order valence-corrected chi connectivity index (χ0v) is 17.0. The molecule has 1 aromatic carbocycles. The van der Waals surface area contributed by atoms with E-state index in [4.69, 9.17) is 5.73 Å². The lowest BCUT2D eigenvalue weighted by Gasteiger charge is -2.47. The average molecular weight is 432 g/mol. The first-order valence-electron chi connectivity index (χ1n) is 10.1. The highest BCUT2D eigenvalue weighted by Gasteiger charge is 2.53. The number of halogens is 3. The van der Waals surface area contributed by atoms with Crippen molar-refractivity contribution in [2.45, 2.75) is 50.5 Å². The SMILES string of the molecule is C[C@]12CCN(C(=O)c3cccnc3N)[C@H]1CCC(=O)N2Cc1ccc(C(F)(F)F)cc1. The highest BCUT2D eigenvalue weighted by molar-refractivity contribution is 5.99. The minimum atomic E-state index is -4.41. The summed E-state index contributed by atoms with van der Waals surface area (Å²) in [6, 6.07) is 7.94. The molecule has 2 amide bonds. The van der Waals surface area contributed by atoms with E-state index in [0.717, 1.165) is 12.1 Å². The van der Waals surface area contributed by atoms with Gasteiger partial charge in [0.1, 0.15) is 5.82 Å². The third-order valence-corrected chi connectivity index (χ3v) is 6.45. The van der Waals surface area contributed by atoms with Gasteiger partial charge in [0.05, 0.1) is 22.7 Å². The van der Waals surface area contributed by atoms with Crippen molar-refractivity contribution >= 4 is 17.6 Å². The van der Waals surface area contributed by atoms with Crippen LogP contribution < -0.4 is 5.73 Å². The Hall–Kier alpha value is -3.10. The van der Waals surface area contributed by atoms with Crippen molar-refractivity contribution in [3.05, 3.63) is 59.3 Å². The van der Waals surface area contributed by atoms with Gasteiger partial charge >= 0.3 is 6.18 Å². The summed E-state index contributed by atoms with van der Waals surface area (Å²) in [4.78, 5) is 33.4. The molecule has 0 saturated carbocycles. The first-order valence-corrected chi connectivity index (χ1v) is 10.1. The van der Waals surface area contributed by atoms with Crippen LogP contribution in [0.25, 0.3) is 0 Å². The number of hydrogen-bond acceptors (Lipinski definition) is 4. The van der Waals surface area contributed by atoms with Gasteiger partial charge in [-0.15, -0.1) is 0 Å². The molecular formula is C22H23F3N4O2. The van der Waals surface area contributed by atoms with E-state index in [1.807, 2.05) is 6.92 Å². The molecule has 0 radical (unpaired) electrons. The molecule has 6 nitrogen and oxygen atoms in total. The number of fused-ring (bicyclic) bond motifs is 1. The quantitative estimate of drug-likeness (QED) is 0.806. The zero-order valence-electron chi connectivity index (χ0n) is 17.0. The molecule has 0 spiro atoms. The fraction of sp³-hybridized carbons (Fsp3) is 0.409. The predicted molar refractivity (Wildman–Crippen MR) is 108 cm³/mol. The molecule has 0 unspecified atom stereocenters. The molecule has 164 valence electrons. The Morgan fingerprint density at radius 2 is 1.97 bits per heavy atom. The molecule has 2 aliphatic rings. The number of nitrogen functional groups attached to an aromatic ring is 1. The number of aromatic nitrogens is 1. The van der Waals surface area contributed by atoms with Gasteiger partial charge in [-0.2, -0.15) is 13.2 Å². The Labute approximate surface area is 177 Å². The van der Waals surface area contributed by atoms with Crippen LogP contribution >= 0.6 is 0 Å². The summed E-state index contributed by atoms with van der Waals surface area (Å²) in [7, 11) is 0. The molecule has 2 saturated heterocycles. The number of anilines is 1. The highest BCUT2D eigenvalue weighted by Crippen LogP contribution is 2.42. The molecule has 4 rings (SSSR count). The largest absolute Gasteiger partial charge is 0.416 e. The van der Waals surface area contributed by atoms with Crippen molar-refractivity contribution in [2.24, 2.45) is 0 Å². The summed E-state index contributed by atoms with van der Waals surface area (Å²) in [6.45, 7) is 2.60. The van der Waals surface area contributed by atoms with Crippen LogP contribution in [0.5, 0.6) is 0 Å². The first-order chi connectivity index (χ1) is 14.6. The number of hydrogen-bond donors (Lipinski definition) is 1. The predicted octanol–water partition coefficient (Wildman–Crippen LogP) is 3.48. The van der Waals surface area contributed by atoms with Crippen molar-refractivity contribution < 1.29 is 22.8 Å². The van der Waals surface area contributed by atoms with Crippen LogP contribution in [0.3, 0.4) is 0 Å². The van der Waals surface area contributed by atoms with Gasteiger partial charge in [0.2, 0.25) is 5.91 Å². The summed E-state index contributed by atoms with van der Waals surface area (Å²) in [5.74, 6) is -0.119. The van der Waals surface area contributed by atoms with Gasteiger partial charge in [-0.1, -0.05) is 12.1 Å². The van der Waals surface area contributed by atoms with Gasteiger partial charge in [-0.25, -0.2) is 4.98 Å². The Kier molecular flexibility index (Phi) is 5.15. The maximum absolute atomic E-state index is 13.1. The van der Waals surface area contributed by atoms with Gasteiger partial charge in [0.15, 0.2) is 0 Å². The molecule has 0 aliphatic carbocycles. The van der Waals surface area contributed by atoms with Crippen LogP contribution in [0.4, 0.5) is 19.0 Å². The second-order valence-electron chi connectivity index (χ2n) is 8.27. The van der Waals surface area contributed by atoms with E-state index in [1.54, 1.807) is 21.9 Å². The Morgan fingerprint density at radius 3 is 2.61 bits per heavy atom. The minimum Gasteiger partial charge on any atom is -0.383 e. The monoisotopic (exact) mass is 432 g/mol. The Balaban J connectivity index is 1.57. The van der Waals surface area contributed by atoms with E-state index in [2.05, 4.69) is 4.98 Å². The summed E-state index contributed by atoms with van der Waals surface area (Å²) < 4.78 is 38.5. The van der Waals surface area contributed by atoms with E-state index in [9.17, 15) is 22.8 Å². The summed E-state index contributed by atoms with van der Waals surface area (Å²) in [5, 5.41) is 0. The number of nitrogens with zero attached hydrogens (tertiary/aromatic N) is 3. The number of nitrogens with two attached hydrogens (primary N) is 1. The van der Waals surface area contributed by atoms with E-state index < -0.39 is 17.3 Å². The molecule has 2 fully saturated rings. The van der Waals surface area contributed by atoms with E-state index >= 15 is 0 Å². The minimum absolute atomic E-state index is 0.0613. The Bertz CT molecular complexity index is 1010. The molecule has 9 heteroatoms. The number of alkyl halides is 3.